The van der Waals surface area contributed by atoms with E-state index in [0.717, 1.165) is 25.7 Å². The van der Waals surface area contributed by atoms with E-state index in [-0.39, 0.29) is 17.2 Å². The van der Waals surface area contributed by atoms with Crippen molar-refractivity contribution < 1.29 is 9.16 Å². The molecule has 2 aromatic carbocycles. The highest BCUT2D eigenvalue weighted by Gasteiger charge is 2.50. The van der Waals surface area contributed by atoms with Gasteiger partial charge < -0.3 is 9.16 Å². The first-order chi connectivity index (χ1) is 14.5. The number of rotatable bonds is 9. The molecule has 2 atom stereocenters. The van der Waals surface area contributed by atoms with Crippen molar-refractivity contribution in [3.05, 3.63) is 85.5 Å². The van der Waals surface area contributed by atoms with Gasteiger partial charge in [-0.2, -0.15) is 0 Å². The molecular weight excluding hydrogens is 384 g/mol. The highest BCUT2D eigenvalue weighted by molar-refractivity contribution is 6.99. The largest absolute Gasteiger partial charge is 0.405 e. The third-order valence-electron chi connectivity index (χ3n) is 5.92. The summed E-state index contributed by atoms with van der Waals surface area (Å²) < 4.78 is 13.4. The lowest BCUT2D eigenvalue weighted by Gasteiger charge is -2.44. The predicted molar refractivity (Wildman–Crippen MR) is 130 cm³/mol. The van der Waals surface area contributed by atoms with Crippen LogP contribution in [0.2, 0.25) is 5.04 Å². The van der Waals surface area contributed by atoms with Crippen LogP contribution < -0.4 is 10.4 Å². The van der Waals surface area contributed by atoms with Crippen molar-refractivity contribution in [2.75, 3.05) is 6.61 Å². The van der Waals surface area contributed by atoms with E-state index in [1.54, 1.807) is 0 Å². The third-order valence-corrected chi connectivity index (χ3v) is 10.9. The maximum Gasteiger partial charge on any atom is 0.261 e. The molecule has 0 fully saturated rings. The fourth-order valence-electron chi connectivity index (χ4n) is 4.44. The first kappa shape index (κ1) is 22.7. The second kappa shape index (κ2) is 10.4. The smallest absolute Gasteiger partial charge is 0.261 e. The Bertz CT molecular complexity index is 768. The van der Waals surface area contributed by atoms with Gasteiger partial charge in [-0.25, -0.2) is 0 Å². The van der Waals surface area contributed by atoms with E-state index >= 15 is 0 Å². The molecule has 0 amide bonds. The molecule has 0 aromatic heterocycles. The van der Waals surface area contributed by atoms with E-state index in [2.05, 4.69) is 100 Å². The van der Waals surface area contributed by atoms with Gasteiger partial charge >= 0.3 is 0 Å². The molecule has 3 rings (SSSR count). The van der Waals surface area contributed by atoms with Gasteiger partial charge in [-0.1, -0.05) is 99.7 Å². The topological polar surface area (TPSA) is 18.5 Å². The first-order valence-corrected chi connectivity index (χ1v) is 13.1. The Labute approximate surface area is 183 Å². The zero-order chi connectivity index (χ0) is 21.5. The molecule has 0 unspecified atom stereocenters. The van der Waals surface area contributed by atoms with E-state index < -0.39 is 8.32 Å². The van der Waals surface area contributed by atoms with Crippen LogP contribution in [0.25, 0.3) is 0 Å². The third kappa shape index (κ3) is 5.21. The average Bonchev–Trinajstić information content (AvgIpc) is 2.75. The second-order valence-electron chi connectivity index (χ2n) is 9.15. The van der Waals surface area contributed by atoms with Gasteiger partial charge in [0.2, 0.25) is 0 Å². The van der Waals surface area contributed by atoms with Crippen molar-refractivity contribution in [3.63, 3.8) is 0 Å². The molecule has 1 aliphatic heterocycles. The van der Waals surface area contributed by atoms with Crippen LogP contribution in [-0.4, -0.2) is 27.1 Å². The summed E-state index contributed by atoms with van der Waals surface area (Å²) in [6.07, 6.45) is 10.9. The molecule has 1 heterocycles. The lowest BCUT2D eigenvalue weighted by molar-refractivity contribution is -0.0239. The van der Waals surface area contributed by atoms with Gasteiger partial charge in [-0.3, -0.25) is 0 Å². The van der Waals surface area contributed by atoms with Crippen molar-refractivity contribution >= 4 is 18.7 Å². The van der Waals surface area contributed by atoms with E-state index in [1.165, 1.54) is 10.4 Å². The van der Waals surface area contributed by atoms with Crippen molar-refractivity contribution in [3.8, 4) is 0 Å². The lowest BCUT2D eigenvalue weighted by atomic mass is 10.1. The van der Waals surface area contributed by atoms with Crippen LogP contribution in [0.3, 0.4) is 0 Å². The van der Waals surface area contributed by atoms with Crippen LogP contribution >= 0.6 is 0 Å². The van der Waals surface area contributed by atoms with Crippen molar-refractivity contribution in [1.29, 1.82) is 0 Å². The van der Waals surface area contributed by atoms with Crippen molar-refractivity contribution in [2.24, 2.45) is 0 Å². The molecule has 2 nitrogen and oxygen atoms in total. The molecule has 0 saturated heterocycles. The molecule has 0 radical (unpaired) electrons. The molecule has 0 saturated carbocycles. The zero-order valence-electron chi connectivity index (χ0n) is 18.7. The van der Waals surface area contributed by atoms with Gasteiger partial charge in [0.05, 0.1) is 18.8 Å². The molecule has 0 bridgehead atoms. The van der Waals surface area contributed by atoms with Gasteiger partial charge in [0.25, 0.3) is 8.32 Å². The molecule has 1 aliphatic rings. The van der Waals surface area contributed by atoms with Crippen molar-refractivity contribution in [2.45, 2.75) is 63.7 Å². The Kier molecular flexibility index (Phi) is 7.87. The molecule has 30 heavy (non-hydrogen) atoms. The highest BCUT2D eigenvalue weighted by atomic mass is 28.4. The number of hydrogen-bond acceptors (Lipinski definition) is 2. The maximum absolute atomic E-state index is 7.04. The summed E-state index contributed by atoms with van der Waals surface area (Å²) in [5.41, 5.74) is 0. The minimum Gasteiger partial charge on any atom is -0.405 e. The quantitative estimate of drug-likeness (QED) is 0.297. The summed E-state index contributed by atoms with van der Waals surface area (Å²) in [4.78, 5) is 0. The monoisotopic (exact) mass is 420 g/mol. The van der Waals surface area contributed by atoms with Gasteiger partial charge in [-0.15, -0.1) is 6.58 Å². The fourth-order valence-corrected chi connectivity index (χ4v) is 9.04. The fraction of sp³-hybridized carbons (Fsp3) is 0.407. The molecule has 2 aromatic rings. The standard InChI is InChI=1S/C27H36O2Si/c1-5-6-9-15-23-16-14-17-24(29-23)22-28-30(27(2,3)4,25-18-10-7-11-19-25)26-20-12-8-13-21-26/h5,7-8,10-14,16,18-21,23-24H,1,6,9,15,17,22H2,2-4H3/t23-,24+/m1/s1. The van der Waals surface area contributed by atoms with E-state index in [0.29, 0.717) is 6.61 Å². The van der Waals surface area contributed by atoms with Crippen LogP contribution in [0.1, 0.15) is 46.5 Å². The minimum absolute atomic E-state index is 0.0103. The Balaban J connectivity index is 1.85. The summed E-state index contributed by atoms with van der Waals surface area (Å²) in [6.45, 7) is 11.4. The molecule has 160 valence electrons. The highest BCUT2D eigenvalue weighted by Crippen LogP contribution is 2.37. The molecule has 3 heteroatoms. The number of ether oxygens (including phenoxy) is 1. The number of allylic oxidation sites excluding steroid dienone is 1. The Morgan fingerprint density at radius 2 is 1.63 bits per heavy atom. The minimum atomic E-state index is -2.50. The molecular formula is C27H36O2Si. The first-order valence-electron chi connectivity index (χ1n) is 11.2. The average molecular weight is 421 g/mol. The van der Waals surface area contributed by atoms with Gasteiger partial charge in [0, 0.05) is 0 Å². The summed E-state index contributed by atoms with van der Waals surface area (Å²) in [5.74, 6) is 0. The Morgan fingerprint density at radius 1 is 1.03 bits per heavy atom. The van der Waals surface area contributed by atoms with Crippen LogP contribution in [0.15, 0.2) is 85.5 Å². The van der Waals surface area contributed by atoms with Crippen LogP contribution in [-0.2, 0) is 9.16 Å². The van der Waals surface area contributed by atoms with Gasteiger partial charge in [0.15, 0.2) is 0 Å². The van der Waals surface area contributed by atoms with Gasteiger partial charge in [0.1, 0.15) is 0 Å². The van der Waals surface area contributed by atoms with E-state index in [1.807, 2.05) is 6.08 Å². The normalized spacial score (nSPS) is 19.6. The predicted octanol–water partition coefficient (Wildman–Crippen LogP) is 5.63. The molecule has 0 N–H and O–H groups in total. The van der Waals surface area contributed by atoms with Crippen LogP contribution in [0.4, 0.5) is 0 Å². The van der Waals surface area contributed by atoms with E-state index in [9.17, 15) is 0 Å². The summed E-state index contributed by atoms with van der Waals surface area (Å²) >= 11 is 0. The van der Waals surface area contributed by atoms with Gasteiger partial charge in [-0.05, 0) is 41.1 Å². The zero-order valence-corrected chi connectivity index (χ0v) is 19.7. The lowest BCUT2D eigenvalue weighted by Crippen LogP contribution is -2.67. The maximum atomic E-state index is 7.04. The second-order valence-corrected chi connectivity index (χ2v) is 13.5. The number of hydrogen-bond donors (Lipinski definition) is 0. The summed E-state index contributed by atoms with van der Waals surface area (Å²) in [5, 5.41) is 2.62. The molecule has 0 spiro atoms. The van der Waals surface area contributed by atoms with Crippen LogP contribution in [0.5, 0.6) is 0 Å². The SMILES string of the molecule is C=CCCC[C@@H]1C=CC[C@@H](CO[Si](c2ccccc2)(c2ccccc2)C(C)(C)C)O1. The molecule has 0 aliphatic carbocycles. The van der Waals surface area contributed by atoms with E-state index in [4.69, 9.17) is 9.16 Å². The Hall–Kier alpha value is -1.94. The summed E-state index contributed by atoms with van der Waals surface area (Å²) in [6, 6.07) is 21.6. The number of unbranched alkanes of at least 4 members (excludes halogenated alkanes) is 1. The van der Waals surface area contributed by atoms with Crippen LogP contribution in [0, 0.1) is 0 Å². The number of benzene rings is 2. The van der Waals surface area contributed by atoms with Crippen molar-refractivity contribution in [1.82, 2.24) is 0 Å². The summed E-state index contributed by atoms with van der Waals surface area (Å²) in [7, 11) is -2.50. The Morgan fingerprint density at radius 3 is 2.17 bits per heavy atom.